The molecule has 1 aliphatic carbocycles. The Labute approximate surface area is 157 Å². The van der Waals surface area contributed by atoms with Crippen molar-refractivity contribution in [1.82, 2.24) is 15.1 Å². The summed E-state index contributed by atoms with van der Waals surface area (Å²) in [6.45, 7) is 5.58. The summed E-state index contributed by atoms with van der Waals surface area (Å²) in [5.74, 6) is 2.76. The number of likely N-dealkylation sites (N-methyl/N-ethyl adjacent to an activating group) is 1. The number of nitrogens with zero attached hydrogens (tertiary/aromatic N) is 3. The van der Waals surface area contributed by atoms with Crippen LogP contribution in [0.4, 0.5) is 0 Å². The fraction of sp³-hybridized carbons (Fsp3) is 0.750. The van der Waals surface area contributed by atoms with E-state index < -0.39 is 0 Å². The molecule has 6 nitrogen and oxygen atoms in total. The number of ether oxygens (including phenoxy) is 1. The minimum absolute atomic E-state index is 0.251. The van der Waals surface area contributed by atoms with Crippen molar-refractivity contribution in [2.24, 2.45) is 10.9 Å². The van der Waals surface area contributed by atoms with Gasteiger partial charge in [0.2, 0.25) is 0 Å². The first kappa shape index (κ1) is 19.2. The Bertz CT molecular complexity index is 536. The van der Waals surface area contributed by atoms with E-state index in [9.17, 15) is 0 Å². The largest absolute Gasteiger partial charge is 0.468 e. The van der Waals surface area contributed by atoms with Crippen LogP contribution in [0.2, 0.25) is 0 Å². The van der Waals surface area contributed by atoms with E-state index in [4.69, 9.17) is 9.15 Å². The van der Waals surface area contributed by atoms with E-state index in [1.807, 2.05) is 13.1 Å². The average Bonchev–Trinajstić information content (AvgIpc) is 3.35. The van der Waals surface area contributed by atoms with Gasteiger partial charge in [0.15, 0.2) is 5.96 Å². The summed E-state index contributed by atoms with van der Waals surface area (Å²) in [5, 5.41) is 3.54. The van der Waals surface area contributed by atoms with Crippen LogP contribution in [0, 0.1) is 5.92 Å². The molecular formula is C20H34N4O2. The van der Waals surface area contributed by atoms with Crippen molar-refractivity contribution in [2.45, 2.75) is 38.1 Å². The second-order valence-corrected chi connectivity index (χ2v) is 7.50. The molecule has 1 aliphatic heterocycles. The van der Waals surface area contributed by atoms with Crippen LogP contribution in [0.15, 0.2) is 27.8 Å². The number of rotatable bonds is 9. The molecule has 3 rings (SSSR count). The number of nitrogens with one attached hydrogen (secondary N) is 1. The van der Waals surface area contributed by atoms with Gasteiger partial charge in [0, 0.05) is 33.8 Å². The first-order valence-corrected chi connectivity index (χ1v) is 10.0. The minimum atomic E-state index is 0.251. The second kappa shape index (κ2) is 9.97. The molecule has 2 heterocycles. The molecule has 1 saturated carbocycles. The first-order valence-electron chi connectivity index (χ1n) is 10.0. The van der Waals surface area contributed by atoms with Crippen LogP contribution in [0.5, 0.6) is 0 Å². The number of hydrogen-bond acceptors (Lipinski definition) is 4. The van der Waals surface area contributed by atoms with Gasteiger partial charge in [-0.05, 0) is 56.8 Å². The van der Waals surface area contributed by atoms with Gasteiger partial charge in [-0.1, -0.05) is 6.42 Å². The molecule has 1 aromatic heterocycles. The second-order valence-electron chi connectivity index (χ2n) is 7.50. The lowest BCUT2D eigenvalue weighted by Gasteiger charge is -2.34. The molecule has 1 aromatic rings. The quantitative estimate of drug-likeness (QED) is 0.416. The number of hydrogen-bond donors (Lipinski definition) is 1. The zero-order valence-electron chi connectivity index (χ0n) is 16.3. The monoisotopic (exact) mass is 362 g/mol. The van der Waals surface area contributed by atoms with E-state index in [1.165, 1.54) is 32.1 Å². The molecule has 2 fully saturated rings. The average molecular weight is 363 g/mol. The van der Waals surface area contributed by atoms with Gasteiger partial charge < -0.3 is 19.4 Å². The third-order valence-electron chi connectivity index (χ3n) is 5.35. The third kappa shape index (κ3) is 5.74. The Morgan fingerprint density at radius 2 is 2.19 bits per heavy atom. The molecule has 1 atom stereocenters. The number of furan rings is 1. The molecule has 6 heteroatoms. The van der Waals surface area contributed by atoms with Crippen LogP contribution in [0.25, 0.3) is 0 Å². The number of piperidine rings is 1. The molecule has 0 spiro atoms. The van der Waals surface area contributed by atoms with Crippen LogP contribution < -0.4 is 5.32 Å². The SMILES string of the molecule is CN=C(NCC(c1ccco1)N1CCCCC1)N(C)CCOCC1CC1. The Morgan fingerprint density at radius 3 is 2.85 bits per heavy atom. The van der Waals surface area contributed by atoms with Crippen molar-refractivity contribution in [3.63, 3.8) is 0 Å². The smallest absolute Gasteiger partial charge is 0.193 e. The zero-order valence-corrected chi connectivity index (χ0v) is 16.3. The standard InChI is InChI=1S/C20H34N4O2/c1-21-20(23(2)12-14-25-16-17-8-9-17)22-15-18(19-7-6-13-26-19)24-10-4-3-5-11-24/h6-7,13,17-18H,3-5,8-12,14-16H2,1-2H3,(H,21,22). The summed E-state index contributed by atoms with van der Waals surface area (Å²) in [7, 11) is 3.91. The molecule has 0 aromatic carbocycles. The number of aliphatic imine (C=N–C) groups is 1. The van der Waals surface area contributed by atoms with E-state index in [2.05, 4.69) is 33.2 Å². The van der Waals surface area contributed by atoms with E-state index in [0.29, 0.717) is 0 Å². The van der Waals surface area contributed by atoms with Gasteiger partial charge in [-0.15, -0.1) is 0 Å². The van der Waals surface area contributed by atoms with Gasteiger partial charge in [0.25, 0.3) is 0 Å². The summed E-state index contributed by atoms with van der Waals surface area (Å²) >= 11 is 0. The van der Waals surface area contributed by atoms with Crippen LogP contribution in [-0.4, -0.2) is 69.2 Å². The van der Waals surface area contributed by atoms with Crippen LogP contribution in [0.3, 0.4) is 0 Å². The highest BCUT2D eigenvalue weighted by atomic mass is 16.5. The van der Waals surface area contributed by atoms with Crippen LogP contribution in [-0.2, 0) is 4.74 Å². The maximum Gasteiger partial charge on any atom is 0.193 e. The van der Waals surface area contributed by atoms with Crippen molar-refractivity contribution in [2.75, 3.05) is 53.5 Å². The van der Waals surface area contributed by atoms with Crippen molar-refractivity contribution in [3.05, 3.63) is 24.2 Å². The normalized spacial score (nSPS) is 20.2. The van der Waals surface area contributed by atoms with Crippen molar-refractivity contribution in [1.29, 1.82) is 0 Å². The predicted octanol–water partition coefficient (Wildman–Crippen LogP) is 2.74. The summed E-state index contributed by atoms with van der Waals surface area (Å²) in [6.07, 6.45) is 8.31. The van der Waals surface area contributed by atoms with Crippen LogP contribution in [0.1, 0.15) is 43.9 Å². The maximum absolute atomic E-state index is 5.75. The predicted molar refractivity (Wildman–Crippen MR) is 104 cm³/mol. The van der Waals surface area contributed by atoms with Crippen molar-refractivity contribution < 1.29 is 9.15 Å². The van der Waals surface area contributed by atoms with Gasteiger partial charge in [0.05, 0.1) is 18.9 Å². The van der Waals surface area contributed by atoms with E-state index in [0.717, 1.165) is 57.0 Å². The maximum atomic E-state index is 5.75. The molecule has 1 N–H and O–H groups in total. The topological polar surface area (TPSA) is 53.2 Å². The molecule has 26 heavy (non-hydrogen) atoms. The molecule has 146 valence electrons. The Morgan fingerprint density at radius 1 is 1.38 bits per heavy atom. The van der Waals surface area contributed by atoms with E-state index in [1.54, 1.807) is 6.26 Å². The lowest BCUT2D eigenvalue weighted by atomic mass is 10.1. The zero-order chi connectivity index (χ0) is 18.2. The highest BCUT2D eigenvalue weighted by Gasteiger charge is 2.25. The third-order valence-corrected chi connectivity index (χ3v) is 5.35. The van der Waals surface area contributed by atoms with Crippen molar-refractivity contribution >= 4 is 5.96 Å². The summed E-state index contributed by atoms with van der Waals surface area (Å²) in [4.78, 5) is 9.11. The molecule has 1 unspecified atom stereocenters. The van der Waals surface area contributed by atoms with E-state index in [-0.39, 0.29) is 6.04 Å². The molecule has 2 aliphatic rings. The Hall–Kier alpha value is -1.53. The Kier molecular flexibility index (Phi) is 7.38. The van der Waals surface area contributed by atoms with E-state index >= 15 is 0 Å². The lowest BCUT2D eigenvalue weighted by molar-refractivity contribution is 0.114. The highest BCUT2D eigenvalue weighted by Crippen LogP contribution is 2.28. The molecule has 0 amide bonds. The van der Waals surface area contributed by atoms with Gasteiger partial charge >= 0.3 is 0 Å². The Balaban J connectivity index is 1.48. The summed E-state index contributed by atoms with van der Waals surface area (Å²) in [5.41, 5.74) is 0. The molecule has 0 radical (unpaired) electrons. The fourth-order valence-electron chi connectivity index (χ4n) is 3.54. The van der Waals surface area contributed by atoms with Crippen LogP contribution >= 0.6 is 0 Å². The molecular weight excluding hydrogens is 328 g/mol. The molecule has 1 saturated heterocycles. The first-order chi connectivity index (χ1) is 12.8. The number of guanidine groups is 1. The lowest BCUT2D eigenvalue weighted by Crippen LogP contribution is -2.45. The van der Waals surface area contributed by atoms with Gasteiger partial charge in [0.1, 0.15) is 5.76 Å². The highest BCUT2D eigenvalue weighted by molar-refractivity contribution is 5.79. The fourth-order valence-corrected chi connectivity index (χ4v) is 3.54. The van der Waals surface area contributed by atoms with Gasteiger partial charge in [-0.3, -0.25) is 9.89 Å². The van der Waals surface area contributed by atoms with Crippen molar-refractivity contribution in [3.8, 4) is 0 Å². The molecule has 0 bridgehead atoms. The number of likely N-dealkylation sites (tertiary alicyclic amines) is 1. The minimum Gasteiger partial charge on any atom is -0.468 e. The van der Waals surface area contributed by atoms with Gasteiger partial charge in [-0.2, -0.15) is 0 Å². The van der Waals surface area contributed by atoms with Gasteiger partial charge in [-0.25, -0.2) is 0 Å². The summed E-state index contributed by atoms with van der Waals surface area (Å²) < 4.78 is 11.5. The summed E-state index contributed by atoms with van der Waals surface area (Å²) in [6, 6.07) is 4.31.